The molecule has 0 bridgehead atoms. The summed E-state index contributed by atoms with van der Waals surface area (Å²) in [7, 11) is 1.81. The van der Waals surface area contributed by atoms with E-state index in [0.717, 1.165) is 41.7 Å². The highest BCUT2D eigenvalue weighted by Crippen LogP contribution is 2.41. The summed E-state index contributed by atoms with van der Waals surface area (Å²) in [5.41, 5.74) is 2.62. The molecule has 4 rings (SSSR count). The van der Waals surface area contributed by atoms with Gasteiger partial charge in [-0.25, -0.2) is 9.79 Å². The molecule has 1 atom stereocenters. The first-order valence-electron chi connectivity index (χ1n) is 13.0. The van der Waals surface area contributed by atoms with Crippen molar-refractivity contribution in [1.29, 1.82) is 0 Å². The number of hydrogen-bond donors (Lipinski definition) is 1. The maximum atomic E-state index is 13.1. The first-order valence-corrected chi connectivity index (χ1v) is 14.8. The Morgan fingerprint density at radius 3 is 2.79 bits per heavy atom. The van der Waals surface area contributed by atoms with Crippen molar-refractivity contribution >= 4 is 57.1 Å². The Hall–Kier alpha value is -2.92. The van der Waals surface area contributed by atoms with Gasteiger partial charge < -0.3 is 10.1 Å². The Kier molecular flexibility index (Phi) is 9.09. The fourth-order valence-corrected chi connectivity index (χ4v) is 6.82. The van der Waals surface area contributed by atoms with E-state index in [0.29, 0.717) is 33.9 Å². The molecule has 0 spiro atoms. The number of aromatic nitrogens is 2. The maximum absolute atomic E-state index is 13.1. The van der Waals surface area contributed by atoms with Gasteiger partial charge in [-0.2, -0.15) is 5.10 Å². The van der Waals surface area contributed by atoms with Gasteiger partial charge in [-0.1, -0.05) is 39.0 Å². The standard InChI is InChI=1S/C27H35N5O4S2/c1-6-17-8-9-19-21(11-17)38-24(23(19)26(35)36-7-2)30-22(33)15-37-27-29-20(10-18-12-28-31(5)14-18)25(34)32(27)13-16(3)4/h10,12,14,16-17H,6-9,11,13,15H2,1-5H3,(H,30,33). The molecule has 1 unspecified atom stereocenters. The lowest BCUT2D eigenvalue weighted by molar-refractivity contribution is -0.123. The van der Waals surface area contributed by atoms with Gasteiger partial charge >= 0.3 is 5.97 Å². The first kappa shape index (κ1) is 28.1. The number of fused-ring (bicyclic) bond motifs is 1. The van der Waals surface area contributed by atoms with E-state index < -0.39 is 0 Å². The van der Waals surface area contributed by atoms with Gasteiger partial charge in [-0.15, -0.1) is 11.3 Å². The van der Waals surface area contributed by atoms with Crippen LogP contribution in [0.4, 0.5) is 5.00 Å². The summed E-state index contributed by atoms with van der Waals surface area (Å²) in [5.74, 6) is 0.0504. The van der Waals surface area contributed by atoms with E-state index in [2.05, 4.69) is 22.3 Å². The number of nitrogens with one attached hydrogen (secondary N) is 1. The number of ether oxygens (including phenoxy) is 1. The zero-order chi connectivity index (χ0) is 27.4. The number of amidine groups is 1. The molecule has 0 saturated heterocycles. The van der Waals surface area contributed by atoms with Crippen molar-refractivity contribution in [3.8, 4) is 0 Å². The number of rotatable bonds is 9. The minimum absolute atomic E-state index is 0.0588. The van der Waals surface area contributed by atoms with Crippen LogP contribution in [0.1, 0.15) is 66.9 Å². The van der Waals surface area contributed by atoms with Gasteiger partial charge in [0.25, 0.3) is 5.91 Å². The van der Waals surface area contributed by atoms with E-state index >= 15 is 0 Å². The lowest BCUT2D eigenvalue weighted by Crippen LogP contribution is -2.34. The summed E-state index contributed by atoms with van der Waals surface area (Å²) in [6, 6.07) is 0. The lowest BCUT2D eigenvalue weighted by atomic mass is 9.85. The molecular weight excluding hydrogens is 522 g/mol. The molecule has 0 radical (unpaired) electrons. The SMILES string of the molecule is CCOC(=O)c1c(NC(=O)CSC2=NC(=Cc3cnn(C)c3)C(=O)N2CC(C)C)sc2c1CCC(CC)C2. The zero-order valence-corrected chi connectivity index (χ0v) is 24.2. The normalized spacial score (nSPS) is 18.2. The first-order chi connectivity index (χ1) is 18.2. The lowest BCUT2D eigenvalue weighted by Gasteiger charge is -2.21. The minimum Gasteiger partial charge on any atom is -0.462 e. The molecule has 11 heteroatoms. The van der Waals surface area contributed by atoms with Gasteiger partial charge in [0, 0.05) is 30.2 Å². The van der Waals surface area contributed by atoms with Crippen LogP contribution in [-0.2, 0) is 34.2 Å². The average Bonchev–Trinajstić information content (AvgIpc) is 3.53. The molecule has 1 N–H and O–H groups in total. The van der Waals surface area contributed by atoms with Crippen LogP contribution in [0.25, 0.3) is 6.08 Å². The van der Waals surface area contributed by atoms with Crippen molar-refractivity contribution in [1.82, 2.24) is 14.7 Å². The number of thioether (sulfide) groups is 1. The molecule has 0 aromatic carbocycles. The number of thiophene rings is 1. The summed E-state index contributed by atoms with van der Waals surface area (Å²) in [6.45, 7) is 8.81. The number of anilines is 1. The number of carbonyl (C=O) groups is 3. The second-order valence-electron chi connectivity index (χ2n) is 9.96. The van der Waals surface area contributed by atoms with Crippen LogP contribution in [0.5, 0.6) is 0 Å². The second kappa shape index (κ2) is 12.3. The number of nitrogens with zero attached hydrogens (tertiary/aromatic N) is 4. The molecule has 1 aliphatic heterocycles. The highest BCUT2D eigenvalue weighted by Gasteiger charge is 2.33. The monoisotopic (exact) mass is 557 g/mol. The van der Waals surface area contributed by atoms with E-state index in [1.807, 2.05) is 27.1 Å². The third kappa shape index (κ3) is 6.37. The summed E-state index contributed by atoms with van der Waals surface area (Å²) < 4.78 is 6.99. The van der Waals surface area contributed by atoms with Crippen molar-refractivity contribution in [2.24, 2.45) is 23.9 Å². The number of hydrogen-bond acceptors (Lipinski definition) is 8. The Bertz CT molecular complexity index is 1280. The van der Waals surface area contributed by atoms with Gasteiger partial charge in [0.1, 0.15) is 10.7 Å². The molecule has 2 aliphatic rings. The van der Waals surface area contributed by atoms with Gasteiger partial charge in [0.15, 0.2) is 5.17 Å². The van der Waals surface area contributed by atoms with E-state index in [-0.39, 0.29) is 36.1 Å². The number of aryl methyl sites for hydroxylation is 1. The highest BCUT2D eigenvalue weighted by atomic mass is 32.2. The predicted octanol–water partition coefficient (Wildman–Crippen LogP) is 4.74. The molecule has 3 heterocycles. The summed E-state index contributed by atoms with van der Waals surface area (Å²) >= 11 is 2.70. The van der Waals surface area contributed by atoms with Gasteiger partial charge in [-0.3, -0.25) is 19.2 Å². The Morgan fingerprint density at radius 1 is 1.34 bits per heavy atom. The average molecular weight is 558 g/mol. The Balaban J connectivity index is 1.50. The van der Waals surface area contributed by atoms with E-state index in [1.165, 1.54) is 23.1 Å². The highest BCUT2D eigenvalue weighted by molar-refractivity contribution is 8.14. The predicted molar refractivity (Wildman–Crippen MR) is 152 cm³/mol. The van der Waals surface area contributed by atoms with E-state index in [1.54, 1.807) is 28.8 Å². The van der Waals surface area contributed by atoms with Gasteiger partial charge in [0.2, 0.25) is 5.91 Å². The molecule has 2 aromatic heterocycles. The van der Waals surface area contributed by atoms with Crippen molar-refractivity contribution in [3.63, 3.8) is 0 Å². The third-order valence-corrected chi connectivity index (χ3v) is 8.64. The van der Waals surface area contributed by atoms with Crippen LogP contribution < -0.4 is 5.32 Å². The largest absolute Gasteiger partial charge is 0.462 e. The Morgan fingerprint density at radius 2 is 2.13 bits per heavy atom. The molecule has 38 heavy (non-hydrogen) atoms. The fourth-order valence-electron chi connectivity index (χ4n) is 4.64. The topological polar surface area (TPSA) is 106 Å². The maximum Gasteiger partial charge on any atom is 0.341 e. The molecule has 2 amide bonds. The van der Waals surface area contributed by atoms with Crippen LogP contribution in [0.3, 0.4) is 0 Å². The van der Waals surface area contributed by atoms with Gasteiger partial charge in [0.05, 0.1) is 24.1 Å². The number of aliphatic imine (C=N–C) groups is 1. The second-order valence-corrected chi connectivity index (χ2v) is 12.0. The van der Waals surface area contributed by atoms with Gasteiger partial charge in [-0.05, 0) is 49.7 Å². The fraction of sp³-hybridized carbons (Fsp3) is 0.519. The molecule has 0 saturated carbocycles. The van der Waals surface area contributed by atoms with Crippen molar-refractivity contribution in [2.45, 2.75) is 53.4 Å². The smallest absolute Gasteiger partial charge is 0.341 e. The summed E-state index contributed by atoms with van der Waals surface area (Å²) in [5, 5.41) is 8.15. The number of amides is 2. The van der Waals surface area contributed by atoms with Crippen LogP contribution in [0.15, 0.2) is 23.1 Å². The van der Waals surface area contributed by atoms with Crippen LogP contribution in [0.2, 0.25) is 0 Å². The Labute approximate surface area is 231 Å². The quantitative estimate of drug-likeness (QED) is 0.353. The molecule has 0 fully saturated rings. The molecule has 2 aromatic rings. The number of esters is 1. The van der Waals surface area contributed by atoms with Crippen LogP contribution >= 0.6 is 23.1 Å². The van der Waals surface area contributed by atoms with Crippen LogP contribution in [0, 0.1) is 11.8 Å². The number of carbonyl (C=O) groups excluding carboxylic acids is 3. The molecule has 204 valence electrons. The van der Waals surface area contributed by atoms with E-state index in [9.17, 15) is 14.4 Å². The van der Waals surface area contributed by atoms with Crippen LogP contribution in [-0.4, -0.2) is 56.5 Å². The minimum atomic E-state index is -0.387. The van der Waals surface area contributed by atoms with Crippen molar-refractivity contribution in [2.75, 3.05) is 24.2 Å². The third-order valence-electron chi connectivity index (χ3n) is 6.50. The summed E-state index contributed by atoms with van der Waals surface area (Å²) in [4.78, 5) is 46.3. The summed E-state index contributed by atoms with van der Waals surface area (Å²) in [6.07, 6.45) is 9.06. The molecular formula is C27H35N5O4S2. The van der Waals surface area contributed by atoms with E-state index in [4.69, 9.17) is 4.74 Å². The zero-order valence-electron chi connectivity index (χ0n) is 22.6. The molecule has 9 nitrogen and oxygen atoms in total. The van der Waals surface area contributed by atoms with Crippen molar-refractivity contribution in [3.05, 3.63) is 39.7 Å². The molecule has 1 aliphatic carbocycles. The van der Waals surface area contributed by atoms with Crippen molar-refractivity contribution < 1.29 is 19.1 Å².